The Bertz CT molecular complexity index is 274. The first-order chi connectivity index (χ1) is 6.74. The number of thiophene rings is 1. The third-order valence-electron chi connectivity index (χ3n) is 1.83. The van der Waals surface area contributed by atoms with Gasteiger partial charge in [0.25, 0.3) is 0 Å². The van der Waals surface area contributed by atoms with E-state index in [2.05, 4.69) is 10.6 Å². The number of aliphatic hydroxyl groups is 1. The Hall–Kier alpha value is -0.910. The van der Waals surface area contributed by atoms with Gasteiger partial charge in [0.15, 0.2) is 0 Å². The first-order valence-electron chi connectivity index (χ1n) is 4.35. The van der Waals surface area contributed by atoms with Gasteiger partial charge in [0.05, 0.1) is 12.6 Å². The van der Waals surface area contributed by atoms with E-state index >= 15 is 0 Å². The number of likely N-dealkylation sites (N-methyl/N-ethyl adjacent to an activating group) is 1. The lowest BCUT2D eigenvalue weighted by Gasteiger charge is -2.09. The van der Waals surface area contributed by atoms with Gasteiger partial charge in [-0.05, 0) is 22.4 Å². The standard InChI is InChI=1S/C9H14N2O2S/c1-10-9(13)5-11-4-8(12)7-2-3-14-6-7/h2-3,6,8,11-12H,4-5H2,1H3,(H,10,13). The quantitative estimate of drug-likeness (QED) is 0.652. The molecule has 78 valence electrons. The zero-order chi connectivity index (χ0) is 10.4. The van der Waals surface area contributed by atoms with Gasteiger partial charge in [0.2, 0.25) is 5.91 Å². The first-order valence-corrected chi connectivity index (χ1v) is 5.29. The van der Waals surface area contributed by atoms with E-state index < -0.39 is 6.10 Å². The fourth-order valence-electron chi connectivity index (χ4n) is 0.993. The lowest BCUT2D eigenvalue weighted by Crippen LogP contribution is -2.33. The number of nitrogens with one attached hydrogen (secondary N) is 2. The minimum atomic E-state index is -0.536. The molecule has 0 fully saturated rings. The van der Waals surface area contributed by atoms with Crippen molar-refractivity contribution in [3.8, 4) is 0 Å². The molecule has 1 aromatic rings. The van der Waals surface area contributed by atoms with Gasteiger partial charge < -0.3 is 15.7 Å². The van der Waals surface area contributed by atoms with Gasteiger partial charge in [-0.3, -0.25) is 4.79 Å². The molecule has 0 saturated heterocycles. The molecule has 1 amide bonds. The van der Waals surface area contributed by atoms with E-state index in [0.717, 1.165) is 5.56 Å². The summed E-state index contributed by atoms with van der Waals surface area (Å²) in [4.78, 5) is 10.8. The highest BCUT2D eigenvalue weighted by Crippen LogP contribution is 2.14. The molecular formula is C9H14N2O2S. The van der Waals surface area contributed by atoms with E-state index in [1.54, 1.807) is 18.4 Å². The van der Waals surface area contributed by atoms with Gasteiger partial charge in [0.1, 0.15) is 0 Å². The topological polar surface area (TPSA) is 61.4 Å². The van der Waals surface area contributed by atoms with Gasteiger partial charge in [-0.1, -0.05) is 0 Å². The first kappa shape index (κ1) is 11.2. The number of rotatable bonds is 5. The Kier molecular flexibility index (Phi) is 4.58. The third kappa shape index (κ3) is 3.45. The number of hydrogen-bond donors (Lipinski definition) is 3. The Balaban J connectivity index is 2.22. The van der Waals surface area contributed by atoms with E-state index in [4.69, 9.17) is 0 Å². The normalized spacial score (nSPS) is 12.4. The van der Waals surface area contributed by atoms with Crippen molar-refractivity contribution in [1.82, 2.24) is 10.6 Å². The average molecular weight is 214 g/mol. The molecule has 0 aromatic carbocycles. The second-order valence-electron chi connectivity index (χ2n) is 2.88. The number of amides is 1. The molecule has 0 aliphatic heterocycles. The van der Waals surface area contributed by atoms with Crippen molar-refractivity contribution >= 4 is 17.2 Å². The second kappa shape index (κ2) is 5.74. The van der Waals surface area contributed by atoms with Crippen LogP contribution in [-0.2, 0) is 4.79 Å². The van der Waals surface area contributed by atoms with Crippen LogP contribution < -0.4 is 10.6 Å². The van der Waals surface area contributed by atoms with E-state index in [9.17, 15) is 9.90 Å². The van der Waals surface area contributed by atoms with E-state index in [-0.39, 0.29) is 12.5 Å². The molecule has 0 bridgehead atoms. The van der Waals surface area contributed by atoms with Crippen LogP contribution in [0.4, 0.5) is 0 Å². The van der Waals surface area contributed by atoms with Gasteiger partial charge in [-0.25, -0.2) is 0 Å². The number of carbonyl (C=O) groups excluding carboxylic acids is 1. The van der Waals surface area contributed by atoms with Gasteiger partial charge in [-0.2, -0.15) is 11.3 Å². The molecule has 5 heteroatoms. The minimum Gasteiger partial charge on any atom is -0.387 e. The van der Waals surface area contributed by atoms with E-state index in [0.29, 0.717) is 6.54 Å². The van der Waals surface area contributed by atoms with Crippen molar-refractivity contribution in [2.75, 3.05) is 20.1 Å². The van der Waals surface area contributed by atoms with Crippen molar-refractivity contribution in [3.63, 3.8) is 0 Å². The number of carbonyl (C=O) groups is 1. The molecular weight excluding hydrogens is 200 g/mol. The van der Waals surface area contributed by atoms with Crippen molar-refractivity contribution in [3.05, 3.63) is 22.4 Å². The maximum absolute atomic E-state index is 10.8. The highest BCUT2D eigenvalue weighted by atomic mass is 32.1. The van der Waals surface area contributed by atoms with Crippen LogP contribution in [0.1, 0.15) is 11.7 Å². The van der Waals surface area contributed by atoms with Crippen LogP contribution in [0.2, 0.25) is 0 Å². The molecule has 0 saturated carbocycles. The Labute approximate surface area is 87.0 Å². The SMILES string of the molecule is CNC(=O)CNCC(O)c1ccsc1. The van der Waals surface area contributed by atoms with Crippen LogP contribution >= 0.6 is 11.3 Å². The number of aliphatic hydroxyl groups excluding tert-OH is 1. The Morgan fingerprint density at radius 3 is 3.07 bits per heavy atom. The summed E-state index contributed by atoms with van der Waals surface area (Å²) in [5.41, 5.74) is 0.888. The van der Waals surface area contributed by atoms with Crippen molar-refractivity contribution < 1.29 is 9.90 Å². The second-order valence-corrected chi connectivity index (χ2v) is 3.66. The van der Waals surface area contributed by atoms with Crippen molar-refractivity contribution in [2.24, 2.45) is 0 Å². The highest BCUT2D eigenvalue weighted by Gasteiger charge is 2.07. The summed E-state index contributed by atoms with van der Waals surface area (Å²) in [6.07, 6.45) is -0.536. The summed E-state index contributed by atoms with van der Waals surface area (Å²) in [5, 5.41) is 18.8. The smallest absolute Gasteiger partial charge is 0.233 e. The summed E-state index contributed by atoms with van der Waals surface area (Å²) >= 11 is 1.55. The highest BCUT2D eigenvalue weighted by molar-refractivity contribution is 7.07. The molecule has 1 atom stereocenters. The molecule has 1 heterocycles. The molecule has 0 aliphatic rings. The maximum Gasteiger partial charge on any atom is 0.233 e. The maximum atomic E-state index is 10.8. The van der Waals surface area contributed by atoms with Crippen LogP contribution in [0, 0.1) is 0 Å². The fraction of sp³-hybridized carbons (Fsp3) is 0.444. The van der Waals surface area contributed by atoms with Crippen LogP contribution in [0.5, 0.6) is 0 Å². The van der Waals surface area contributed by atoms with Crippen LogP contribution in [0.3, 0.4) is 0 Å². The van der Waals surface area contributed by atoms with Crippen molar-refractivity contribution in [2.45, 2.75) is 6.10 Å². The minimum absolute atomic E-state index is 0.0810. The van der Waals surface area contributed by atoms with Crippen LogP contribution in [-0.4, -0.2) is 31.2 Å². The fourth-order valence-corrected chi connectivity index (χ4v) is 1.70. The van der Waals surface area contributed by atoms with Crippen LogP contribution in [0.25, 0.3) is 0 Å². The summed E-state index contributed by atoms with van der Waals surface area (Å²) in [7, 11) is 1.58. The Morgan fingerprint density at radius 1 is 1.71 bits per heavy atom. The molecule has 1 aromatic heterocycles. The molecule has 14 heavy (non-hydrogen) atoms. The third-order valence-corrected chi connectivity index (χ3v) is 2.53. The largest absolute Gasteiger partial charge is 0.387 e. The predicted molar refractivity (Wildman–Crippen MR) is 56.2 cm³/mol. The zero-order valence-corrected chi connectivity index (χ0v) is 8.80. The summed E-state index contributed by atoms with van der Waals surface area (Å²) in [6, 6.07) is 1.87. The van der Waals surface area contributed by atoms with Gasteiger partial charge in [-0.15, -0.1) is 0 Å². The summed E-state index contributed by atoms with van der Waals surface area (Å²) < 4.78 is 0. The van der Waals surface area contributed by atoms with E-state index in [1.807, 2.05) is 16.8 Å². The van der Waals surface area contributed by atoms with Gasteiger partial charge in [0, 0.05) is 13.6 Å². The summed E-state index contributed by atoms with van der Waals surface area (Å²) in [6.45, 7) is 0.627. The average Bonchev–Trinajstić information content (AvgIpc) is 2.70. The Morgan fingerprint density at radius 2 is 2.50 bits per heavy atom. The monoisotopic (exact) mass is 214 g/mol. The summed E-state index contributed by atoms with van der Waals surface area (Å²) in [5.74, 6) is -0.0810. The molecule has 0 aliphatic carbocycles. The molecule has 0 spiro atoms. The molecule has 3 N–H and O–H groups in total. The zero-order valence-electron chi connectivity index (χ0n) is 7.99. The van der Waals surface area contributed by atoms with Crippen LogP contribution in [0.15, 0.2) is 16.8 Å². The van der Waals surface area contributed by atoms with E-state index in [1.165, 1.54) is 0 Å². The van der Waals surface area contributed by atoms with Crippen molar-refractivity contribution in [1.29, 1.82) is 0 Å². The van der Waals surface area contributed by atoms with Gasteiger partial charge >= 0.3 is 0 Å². The lowest BCUT2D eigenvalue weighted by molar-refractivity contribution is -0.119. The lowest BCUT2D eigenvalue weighted by atomic mass is 10.2. The predicted octanol–water partition coefficient (Wildman–Crippen LogP) is 0.117. The molecule has 0 radical (unpaired) electrons. The number of hydrogen-bond acceptors (Lipinski definition) is 4. The molecule has 1 unspecified atom stereocenters. The molecule has 4 nitrogen and oxygen atoms in total. The molecule has 1 rings (SSSR count).